The molecule has 1 aromatic rings. The molecule has 2 N–H and O–H groups in total. The predicted octanol–water partition coefficient (Wildman–Crippen LogP) is 0.881. The summed E-state index contributed by atoms with van der Waals surface area (Å²) >= 11 is 0. The van der Waals surface area contributed by atoms with Crippen molar-refractivity contribution in [1.29, 1.82) is 0 Å². The number of carbonyl (C=O) groups is 2. The lowest BCUT2D eigenvalue weighted by Gasteiger charge is -2.26. The molecular weight excluding hydrogens is 266 g/mol. The summed E-state index contributed by atoms with van der Waals surface area (Å²) in [7, 11) is 3.45. The first-order chi connectivity index (χ1) is 10.0. The highest BCUT2D eigenvalue weighted by Gasteiger charge is 2.35. The van der Waals surface area contributed by atoms with Crippen molar-refractivity contribution in [2.75, 3.05) is 27.2 Å². The second kappa shape index (κ2) is 6.72. The molecule has 0 aromatic heterocycles. The van der Waals surface area contributed by atoms with E-state index in [0.717, 1.165) is 24.8 Å². The lowest BCUT2D eigenvalue weighted by Crippen LogP contribution is -2.45. The number of benzene rings is 1. The number of hydrogen-bond acceptors (Lipinski definition) is 3. The monoisotopic (exact) mass is 289 g/mol. The fourth-order valence-electron chi connectivity index (χ4n) is 2.71. The molecule has 2 amide bonds. The molecule has 5 heteroatoms. The molecule has 2 rings (SSSR count). The van der Waals surface area contributed by atoms with Crippen LogP contribution in [0.5, 0.6) is 0 Å². The Hall–Kier alpha value is -1.88. The smallest absolute Gasteiger partial charge is 0.254 e. The van der Waals surface area contributed by atoms with Crippen LogP contribution in [0.4, 0.5) is 0 Å². The third-order valence-electron chi connectivity index (χ3n) is 3.87. The SMILES string of the molecule is CN(C)C(=O)C1CCCN1C(=O)c1ccc(CCN)cc1. The first-order valence-electron chi connectivity index (χ1n) is 7.35. The van der Waals surface area contributed by atoms with E-state index in [1.54, 1.807) is 23.9 Å². The number of hydrogen-bond donors (Lipinski definition) is 1. The molecule has 1 fully saturated rings. The maximum absolute atomic E-state index is 12.6. The van der Waals surface area contributed by atoms with Gasteiger partial charge in [0.05, 0.1) is 0 Å². The molecule has 1 aliphatic heterocycles. The van der Waals surface area contributed by atoms with Crippen LogP contribution in [-0.4, -0.2) is 54.8 Å². The van der Waals surface area contributed by atoms with Crippen molar-refractivity contribution in [1.82, 2.24) is 9.80 Å². The van der Waals surface area contributed by atoms with Crippen molar-refractivity contribution in [2.24, 2.45) is 5.73 Å². The molecule has 0 spiro atoms. The van der Waals surface area contributed by atoms with Gasteiger partial charge in [0.2, 0.25) is 5.91 Å². The van der Waals surface area contributed by atoms with Crippen LogP contribution >= 0.6 is 0 Å². The van der Waals surface area contributed by atoms with E-state index in [1.807, 2.05) is 24.3 Å². The van der Waals surface area contributed by atoms with E-state index >= 15 is 0 Å². The third kappa shape index (κ3) is 3.42. The number of amides is 2. The maximum Gasteiger partial charge on any atom is 0.254 e. The lowest BCUT2D eigenvalue weighted by molar-refractivity contribution is -0.132. The minimum absolute atomic E-state index is 0.000557. The van der Waals surface area contributed by atoms with Crippen LogP contribution in [0.2, 0.25) is 0 Å². The molecule has 1 heterocycles. The van der Waals surface area contributed by atoms with E-state index in [2.05, 4.69) is 0 Å². The van der Waals surface area contributed by atoms with Crippen LogP contribution in [0.15, 0.2) is 24.3 Å². The highest BCUT2D eigenvalue weighted by Crippen LogP contribution is 2.21. The van der Waals surface area contributed by atoms with Gasteiger partial charge in [-0.15, -0.1) is 0 Å². The molecule has 0 aliphatic carbocycles. The molecule has 1 atom stereocenters. The fraction of sp³-hybridized carbons (Fsp3) is 0.500. The zero-order valence-corrected chi connectivity index (χ0v) is 12.7. The largest absolute Gasteiger partial charge is 0.347 e. The third-order valence-corrected chi connectivity index (χ3v) is 3.87. The van der Waals surface area contributed by atoms with Gasteiger partial charge in [0.1, 0.15) is 6.04 Å². The van der Waals surface area contributed by atoms with E-state index in [0.29, 0.717) is 18.7 Å². The van der Waals surface area contributed by atoms with Gasteiger partial charge in [0, 0.05) is 26.2 Å². The highest BCUT2D eigenvalue weighted by atomic mass is 16.2. The molecule has 1 saturated heterocycles. The van der Waals surface area contributed by atoms with Crippen molar-refractivity contribution in [3.05, 3.63) is 35.4 Å². The van der Waals surface area contributed by atoms with Crippen LogP contribution in [0.25, 0.3) is 0 Å². The summed E-state index contributed by atoms with van der Waals surface area (Å²) in [5.74, 6) is -0.0624. The second-order valence-electron chi connectivity index (χ2n) is 5.62. The fourth-order valence-corrected chi connectivity index (χ4v) is 2.71. The topological polar surface area (TPSA) is 66.6 Å². The van der Waals surface area contributed by atoms with Gasteiger partial charge in [-0.05, 0) is 43.5 Å². The highest BCUT2D eigenvalue weighted by molar-refractivity contribution is 5.97. The van der Waals surface area contributed by atoms with E-state index in [1.165, 1.54) is 0 Å². The maximum atomic E-state index is 12.6. The number of nitrogens with two attached hydrogens (primary N) is 1. The average molecular weight is 289 g/mol. The molecule has 0 bridgehead atoms. The van der Waals surface area contributed by atoms with Crippen LogP contribution in [0.3, 0.4) is 0 Å². The molecule has 114 valence electrons. The molecule has 0 radical (unpaired) electrons. The Labute approximate surface area is 125 Å². The van der Waals surface area contributed by atoms with Gasteiger partial charge in [-0.2, -0.15) is 0 Å². The van der Waals surface area contributed by atoms with Crippen LogP contribution in [0, 0.1) is 0 Å². The zero-order chi connectivity index (χ0) is 15.4. The van der Waals surface area contributed by atoms with Crippen molar-refractivity contribution in [2.45, 2.75) is 25.3 Å². The molecule has 5 nitrogen and oxygen atoms in total. The first-order valence-corrected chi connectivity index (χ1v) is 7.35. The van der Waals surface area contributed by atoms with Gasteiger partial charge < -0.3 is 15.5 Å². The number of carbonyl (C=O) groups excluding carboxylic acids is 2. The summed E-state index contributed by atoms with van der Waals surface area (Å²) in [4.78, 5) is 28.0. The molecule has 1 unspecified atom stereocenters. The number of likely N-dealkylation sites (tertiary alicyclic amines) is 1. The van der Waals surface area contributed by atoms with Gasteiger partial charge in [-0.3, -0.25) is 9.59 Å². The zero-order valence-electron chi connectivity index (χ0n) is 12.7. The quantitative estimate of drug-likeness (QED) is 0.895. The van der Waals surface area contributed by atoms with E-state index in [4.69, 9.17) is 5.73 Å². The first kappa shape index (κ1) is 15.5. The van der Waals surface area contributed by atoms with E-state index < -0.39 is 0 Å². The Morgan fingerprint density at radius 3 is 2.52 bits per heavy atom. The van der Waals surface area contributed by atoms with Gasteiger partial charge in [0.15, 0.2) is 0 Å². The summed E-state index contributed by atoms with van der Waals surface area (Å²) in [5.41, 5.74) is 7.28. The number of rotatable bonds is 4. The molecule has 21 heavy (non-hydrogen) atoms. The summed E-state index contributed by atoms with van der Waals surface area (Å²) < 4.78 is 0. The van der Waals surface area contributed by atoms with E-state index in [-0.39, 0.29) is 17.9 Å². The van der Waals surface area contributed by atoms with Crippen molar-refractivity contribution < 1.29 is 9.59 Å². The van der Waals surface area contributed by atoms with Gasteiger partial charge in [-0.25, -0.2) is 0 Å². The van der Waals surface area contributed by atoms with Gasteiger partial charge in [0.25, 0.3) is 5.91 Å². The normalized spacial score (nSPS) is 17.9. The Morgan fingerprint density at radius 1 is 1.29 bits per heavy atom. The summed E-state index contributed by atoms with van der Waals surface area (Å²) in [6, 6.07) is 7.18. The van der Waals surface area contributed by atoms with E-state index in [9.17, 15) is 9.59 Å². The minimum Gasteiger partial charge on any atom is -0.347 e. The summed E-state index contributed by atoms with van der Waals surface area (Å²) in [6.45, 7) is 1.24. The minimum atomic E-state index is -0.323. The number of likely N-dealkylation sites (N-methyl/N-ethyl adjacent to an activating group) is 1. The second-order valence-corrected chi connectivity index (χ2v) is 5.62. The van der Waals surface area contributed by atoms with Crippen molar-refractivity contribution >= 4 is 11.8 Å². The molecule has 1 aliphatic rings. The van der Waals surface area contributed by atoms with Crippen LogP contribution < -0.4 is 5.73 Å². The predicted molar refractivity (Wildman–Crippen MR) is 82.0 cm³/mol. The van der Waals surface area contributed by atoms with Crippen molar-refractivity contribution in [3.8, 4) is 0 Å². The molecular formula is C16H23N3O2. The number of nitrogens with zero attached hydrogens (tertiary/aromatic N) is 2. The molecule has 1 aromatic carbocycles. The Bertz CT molecular complexity index is 511. The Morgan fingerprint density at radius 2 is 1.95 bits per heavy atom. The van der Waals surface area contributed by atoms with Crippen LogP contribution in [-0.2, 0) is 11.2 Å². The molecule has 0 saturated carbocycles. The van der Waals surface area contributed by atoms with Gasteiger partial charge in [-0.1, -0.05) is 12.1 Å². The average Bonchev–Trinajstić information content (AvgIpc) is 2.96. The summed E-state index contributed by atoms with van der Waals surface area (Å²) in [5, 5.41) is 0. The standard InChI is InChI=1S/C16H23N3O2/c1-18(2)16(21)14-4-3-11-19(14)15(20)13-7-5-12(6-8-13)9-10-17/h5-8,14H,3-4,9-11,17H2,1-2H3. The Kier molecular flexibility index (Phi) is 4.96. The van der Waals surface area contributed by atoms with Gasteiger partial charge >= 0.3 is 0 Å². The lowest BCUT2D eigenvalue weighted by atomic mass is 10.1. The van der Waals surface area contributed by atoms with Crippen LogP contribution in [0.1, 0.15) is 28.8 Å². The summed E-state index contributed by atoms with van der Waals surface area (Å²) in [6.07, 6.45) is 2.43. The Balaban J connectivity index is 2.13. The van der Waals surface area contributed by atoms with Crippen molar-refractivity contribution in [3.63, 3.8) is 0 Å².